The number of benzene rings is 1. The van der Waals surface area contributed by atoms with E-state index in [-0.39, 0.29) is 11.3 Å². The van der Waals surface area contributed by atoms with Gasteiger partial charge in [0, 0.05) is 0 Å². The van der Waals surface area contributed by atoms with Gasteiger partial charge in [0.05, 0.1) is 29.3 Å². The molecule has 4 nitrogen and oxygen atoms in total. The average Bonchev–Trinajstić information content (AvgIpc) is 2.54. The quantitative estimate of drug-likeness (QED) is 0.771. The summed E-state index contributed by atoms with van der Waals surface area (Å²) in [5.74, 6) is 0.00913. The Balaban J connectivity index is 2.27. The number of hydrazine groups is 1. The Hall–Kier alpha value is -2.02. The predicted octanol–water partition coefficient (Wildman–Crippen LogP) is 1.44. The lowest BCUT2D eigenvalue weighted by Gasteiger charge is -2.18. The van der Waals surface area contributed by atoms with Crippen molar-refractivity contribution < 1.29 is 4.79 Å². The van der Waals surface area contributed by atoms with E-state index in [1.54, 1.807) is 17.1 Å². The van der Waals surface area contributed by atoms with Crippen LogP contribution < -0.4 is 10.4 Å². The van der Waals surface area contributed by atoms with Crippen LogP contribution in [-0.2, 0) is 4.79 Å². The smallest absolute Gasteiger partial charge is 0.246 e. The second-order valence-electron chi connectivity index (χ2n) is 4.57. The molecule has 0 spiro atoms. The third kappa shape index (κ3) is 1.72. The molecular formula is C12H13N3O. The van der Waals surface area contributed by atoms with E-state index in [0.717, 1.165) is 5.69 Å². The zero-order valence-corrected chi connectivity index (χ0v) is 9.32. The highest BCUT2D eigenvalue weighted by Crippen LogP contribution is 2.27. The molecule has 0 atom stereocenters. The summed E-state index contributed by atoms with van der Waals surface area (Å²) in [6.07, 6.45) is 0. The van der Waals surface area contributed by atoms with Crippen molar-refractivity contribution >= 4 is 11.6 Å². The van der Waals surface area contributed by atoms with E-state index >= 15 is 0 Å². The highest BCUT2D eigenvalue weighted by Gasteiger charge is 2.37. The standard InChI is InChI=1S/C12H13N3O/c1-12(2)8-15(14-11(12)16)10-5-3-4-9(6-10)7-13/h3-6H,8H2,1-2H3,(H,14,16). The van der Waals surface area contributed by atoms with Gasteiger partial charge in [0.1, 0.15) is 0 Å². The number of hydrogen-bond acceptors (Lipinski definition) is 3. The second-order valence-corrected chi connectivity index (χ2v) is 4.57. The second kappa shape index (κ2) is 3.53. The number of hydrogen-bond donors (Lipinski definition) is 1. The minimum atomic E-state index is -0.386. The van der Waals surface area contributed by atoms with Crippen LogP contribution in [0, 0.1) is 16.7 Å². The summed E-state index contributed by atoms with van der Waals surface area (Å²) in [6.45, 7) is 4.41. The normalized spacial score (nSPS) is 18.1. The van der Waals surface area contributed by atoms with Gasteiger partial charge >= 0.3 is 0 Å². The lowest BCUT2D eigenvalue weighted by atomic mass is 9.94. The van der Waals surface area contributed by atoms with Gasteiger partial charge in [0.15, 0.2) is 0 Å². The molecule has 1 fully saturated rings. The molecule has 0 unspecified atom stereocenters. The van der Waals surface area contributed by atoms with Crippen molar-refractivity contribution in [3.63, 3.8) is 0 Å². The Morgan fingerprint density at radius 1 is 1.50 bits per heavy atom. The van der Waals surface area contributed by atoms with Crippen molar-refractivity contribution in [3.05, 3.63) is 29.8 Å². The fourth-order valence-corrected chi connectivity index (χ4v) is 1.68. The molecule has 1 N–H and O–H groups in total. The maximum absolute atomic E-state index is 11.6. The zero-order valence-electron chi connectivity index (χ0n) is 9.32. The molecule has 1 aliphatic rings. The van der Waals surface area contributed by atoms with Gasteiger partial charge in [0.2, 0.25) is 5.91 Å². The predicted molar refractivity (Wildman–Crippen MR) is 60.4 cm³/mol. The third-order valence-electron chi connectivity index (χ3n) is 2.69. The fraction of sp³-hybridized carbons (Fsp3) is 0.333. The van der Waals surface area contributed by atoms with Gasteiger partial charge < -0.3 is 0 Å². The van der Waals surface area contributed by atoms with Crippen molar-refractivity contribution in [1.82, 2.24) is 5.43 Å². The van der Waals surface area contributed by atoms with Crippen LogP contribution in [0.15, 0.2) is 24.3 Å². The Bertz CT molecular complexity index is 473. The van der Waals surface area contributed by atoms with Crippen LogP contribution in [-0.4, -0.2) is 12.5 Å². The molecule has 1 amide bonds. The fourth-order valence-electron chi connectivity index (χ4n) is 1.68. The lowest BCUT2D eigenvalue weighted by Crippen LogP contribution is -2.33. The van der Waals surface area contributed by atoms with Gasteiger partial charge in [-0.3, -0.25) is 15.2 Å². The van der Waals surface area contributed by atoms with Gasteiger partial charge in [-0.1, -0.05) is 6.07 Å². The van der Waals surface area contributed by atoms with Gasteiger partial charge in [-0.15, -0.1) is 0 Å². The van der Waals surface area contributed by atoms with Crippen molar-refractivity contribution in [2.24, 2.45) is 5.41 Å². The summed E-state index contributed by atoms with van der Waals surface area (Å²) >= 11 is 0. The summed E-state index contributed by atoms with van der Waals surface area (Å²) < 4.78 is 0. The molecule has 1 aromatic carbocycles. The Morgan fingerprint density at radius 3 is 2.81 bits per heavy atom. The van der Waals surface area contributed by atoms with Gasteiger partial charge in [-0.2, -0.15) is 5.26 Å². The minimum Gasteiger partial charge on any atom is -0.284 e. The van der Waals surface area contributed by atoms with Crippen molar-refractivity contribution in [3.8, 4) is 6.07 Å². The maximum Gasteiger partial charge on any atom is 0.246 e. The average molecular weight is 215 g/mol. The number of nitriles is 1. The molecule has 2 rings (SSSR count). The summed E-state index contributed by atoms with van der Waals surface area (Å²) in [5, 5.41) is 10.6. The van der Waals surface area contributed by atoms with E-state index in [4.69, 9.17) is 5.26 Å². The molecule has 16 heavy (non-hydrogen) atoms. The number of anilines is 1. The van der Waals surface area contributed by atoms with Crippen LogP contribution in [0.5, 0.6) is 0 Å². The molecule has 0 radical (unpaired) electrons. The van der Waals surface area contributed by atoms with Gasteiger partial charge in [-0.25, -0.2) is 0 Å². The minimum absolute atomic E-state index is 0.00913. The topological polar surface area (TPSA) is 56.1 Å². The molecule has 1 aliphatic heterocycles. The van der Waals surface area contributed by atoms with Gasteiger partial charge in [0.25, 0.3) is 0 Å². The van der Waals surface area contributed by atoms with E-state index in [9.17, 15) is 4.79 Å². The van der Waals surface area contributed by atoms with Crippen LogP contribution in [0.25, 0.3) is 0 Å². The first-order valence-electron chi connectivity index (χ1n) is 5.12. The highest BCUT2D eigenvalue weighted by molar-refractivity contribution is 5.87. The molecule has 0 bridgehead atoms. The van der Waals surface area contributed by atoms with Crippen LogP contribution in [0.4, 0.5) is 5.69 Å². The third-order valence-corrected chi connectivity index (χ3v) is 2.69. The van der Waals surface area contributed by atoms with E-state index in [1.807, 2.05) is 26.0 Å². The molecule has 82 valence electrons. The number of amides is 1. The van der Waals surface area contributed by atoms with E-state index in [0.29, 0.717) is 12.1 Å². The summed E-state index contributed by atoms with van der Waals surface area (Å²) in [4.78, 5) is 11.6. The largest absolute Gasteiger partial charge is 0.284 e. The SMILES string of the molecule is CC1(C)CN(c2cccc(C#N)c2)NC1=O. The first-order chi connectivity index (χ1) is 7.53. The number of rotatable bonds is 1. The monoisotopic (exact) mass is 215 g/mol. The van der Waals surface area contributed by atoms with Crippen molar-refractivity contribution in [2.45, 2.75) is 13.8 Å². The highest BCUT2D eigenvalue weighted by atomic mass is 16.2. The zero-order chi connectivity index (χ0) is 11.8. The number of carbonyl (C=O) groups is 1. The van der Waals surface area contributed by atoms with Crippen molar-refractivity contribution in [1.29, 1.82) is 5.26 Å². The molecule has 1 saturated heterocycles. The molecule has 0 aliphatic carbocycles. The molecule has 4 heteroatoms. The Kier molecular flexibility index (Phi) is 2.31. The molecule has 1 aromatic rings. The molecule has 1 heterocycles. The Morgan fingerprint density at radius 2 is 2.25 bits per heavy atom. The Labute approximate surface area is 94.4 Å². The van der Waals surface area contributed by atoms with E-state index in [2.05, 4.69) is 11.5 Å². The first kappa shape index (κ1) is 10.5. The summed E-state index contributed by atoms with van der Waals surface area (Å²) in [6, 6.07) is 9.28. The number of nitrogens with one attached hydrogen (secondary N) is 1. The maximum atomic E-state index is 11.6. The van der Waals surface area contributed by atoms with Crippen molar-refractivity contribution in [2.75, 3.05) is 11.6 Å². The summed E-state index contributed by atoms with van der Waals surface area (Å²) in [5.41, 5.74) is 3.85. The van der Waals surface area contributed by atoms with Crippen LogP contribution >= 0.6 is 0 Å². The van der Waals surface area contributed by atoms with Crippen LogP contribution in [0.1, 0.15) is 19.4 Å². The summed E-state index contributed by atoms with van der Waals surface area (Å²) in [7, 11) is 0. The van der Waals surface area contributed by atoms with Gasteiger partial charge in [-0.05, 0) is 32.0 Å². The lowest BCUT2D eigenvalue weighted by molar-refractivity contribution is -0.125. The molecule has 0 saturated carbocycles. The van der Waals surface area contributed by atoms with Crippen LogP contribution in [0.3, 0.4) is 0 Å². The molecule has 0 aromatic heterocycles. The van der Waals surface area contributed by atoms with E-state index in [1.165, 1.54) is 0 Å². The van der Waals surface area contributed by atoms with Crippen LogP contribution in [0.2, 0.25) is 0 Å². The van der Waals surface area contributed by atoms with E-state index < -0.39 is 0 Å². The number of carbonyl (C=O) groups excluding carboxylic acids is 1. The first-order valence-corrected chi connectivity index (χ1v) is 5.12. The molecular weight excluding hydrogens is 202 g/mol. The number of nitrogens with zero attached hydrogens (tertiary/aromatic N) is 2.